The summed E-state index contributed by atoms with van der Waals surface area (Å²) in [6.07, 6.45) is 0.614. The van der Waals surface area contributed by atoms with Crippen LogP contribution in [0.3, 0.4) is 0 Å². The highest BCUT2D eigenvalue weighted by Gasteiger charge is 2.39. The summed E-state index contributed by atoms with van der Waals surface area (Å²) in [6, 6.07) is 6.00. The molecule has 1 aliphatic rings. The number of benzene rings is 1. The summed E-state index contributed by atoms with van der Waals surface area (Å²) < 4.78 is 18.0. The maximum atomic E-state index is 12.9. The van der Waals surface area contributed by atoms with Crippen molar-refractivity contribution in [1.29, 1.82) is 0 Å². The largest absolute Gasteiger partial charge is 0.361 e. The van der Waals surface area contributed by atoms with Gasteiger partial charge in [0.25, 0.3) is 0 Å². The van der Waals surface area contributed by atoms with Crippen LogP contribution in [0.1, 0.15) is 29.0 Å². The third kappa shape index (κ3) is 3.02. The number of amides is 2. The summed E-state index contributed by atoms with van der Waals surface area (Å²) in [6.45, 7) is 3.74. The Morgan fingerprint density at radius 2 is 1.96 bits per heavy atom. The van der Waals surface area contributed by atoms with Gasteiger partial charge < -0.3 is 4.52 Å². The molecule has 2 aromatic rings. The van der Waals surface area contributed by atoms with E-state index in [1.807, 2.05) is 0 Å². The van der Waals surface area contributed by atoms with E-state index in [0.717, 1.165) is 11.1 Å². The summed E-state index contributed by atoms with van der Waals surface area (Å²) in [5.74, 6) is -0.484. The normalized spacial score (nSPS) is 18.0. The van der Waals surface area contributed by atoms with E-state index < -0.39 is 5.92 Å². The molecule has 1 aromatic carbocycles. The Hall–Kier alpha value is -2.50. The van der Waals surface area contributed by atoms with Crippen LogP contribution in [0.25, 0.3) is 0 Å². The highest BCUT2D eigenvalue weighted by atomic mass is 19.1. The SMILES string of the molecule is Cc1noc(C)c1CN1C(=O)C[C@H](Cc2ccc(F)cc2)C1=O. The number of carbonyl (C=O) groups is 2. The first kappa shape index (κ1) is 15.4. The number of carbonyl (C=O) groups excluding carboxylic acids is 2. The van der Waals surface area contributed by atoms with Crippen LogP contribution >= 0.6 is 0 Å². The topological polar surface area (TPSA) is 63.4 Å². The highest BCUT2D eigenvalue weighted by Crippen LogP contribution is 2.26. The van der Waals surface area contributed by atoms with Crippen molar-refractivity contribution in [1.82, 2.24) is 10.1 Å². The summed E-state index contributed by atoms with van der Waals surface area (Å²) >= 11 is 0. The zero-order valence-electron chi connectivity index (χ0n) is 13.0. The lowest BCUT2D eigenvalue weighted by Gasteiger charge is -2.14. The van der Waals surface area contributed by atoms with Crippen LogP contribution in [0.2, 0.25) is 0 Å². The Labute approximate surface area is 133 Å². The Morgan fingerprint density at radius 3 is 2.57 bits per heavy atom. The molecule has 0 saturated carbocycles. The van der Waals surface area contributed by atoms with Gasteiger partial charge in [-0.1, -0.05) is 17.3 Å². The molecule has 2 heterocycles. The zero-order chi connectivity index (χ0) is 16.6. The van der Waals surface area contributed by atoms with E-state index in [2.05, 4.69) is 5.16 Å². The van der Waals surface area contributed by atoms with Crippen molar-refractivity contribution < 1.29 is 18.5 Å². The van der Waals surface area contributed by atoms with Gasteiger partial charge >= 0.3 is 0 Å². The van der Waals surface area contributed by atoms with Crippen molar-refractivity contribution >= 4 is 11.8 Å². The fourth-order valence-electron chi connectivity index (χ4n) is 2.87. The Balaban J connectivity index is 1.73. The Kier molecular flexibility index (Phi) is 3.98. The van der Waals surface area contributed by atoms with E-state index in [1.54, 1.807) is 26.0 Å². The number of nitrogens with zero attached hydrogens (tertiary/aromatic N) is 2. The summed E-state index contributed by atoms with van der Waals surface area (Å²) in [5, 5.41) is 3.84. The number of likely N-dealkylation sites (tertiary alicyclic amines) is 1. The molecule has 120 valence electrons. The molecule has 5 nitrogen and oxygen atoms in total. The van der Waals surface area contributed by atoms with Crippen molar-refractivity contribution in [3.8, 4) is 0 Å². The average molecular weight is 316 g/mol. The van der Waals surface area contributed by atoms with Crippen LogP contribution in [0.15, 0.2) is 28.8 Å². The van der Waals surface area contributed by atoms with Crippen molar-refractivity contribution in [2.24, 2.45) is 5.92 Å². The van der Waals surface area contributed by atoms with Gasteiger partial charge in [0, 0.05) is 12.0 Å². The van der Waals surface area contributed by atoms with Crippen LogP contribution in [0, 0.1) is 25.6 Å². The molecule has 0 radical (unpaired) electrons. The Morgan fingerprint density at radius 1 is 1.26 bits per heavy atom. The van der Waals surface area contributed by atoms with E-state index in [-0.39, 0.29) is 30.6 Å². The van der Waals surface area contributed by atoms with E-state index >= 15 is 0 Å². The molecule has 1 aliphatic heterocycles. The molecule has 1 aromatic heterocycles. The monoisotopic (exact) mass is 316 g/mol. The van der Waals surface area contributed by atoms with E-state index in [9.17, 15) is 14.0 Å². The van der Waals surface area contributed by atoms with Gasteiger partial charge in [-0.25, -0.2) is 4.39 Å². The maximum Gasteiger partial charge on any atom is 0.233 e. The highest BCUT2D eigenvalue weighted by molar-refractivity contribution is 6.03. The van der Waals surface area contributed by atoms with Gasteiger partial charge in [-0.2, -0.15) is 0 Å². The second-order valence-electron chi connectivity index (χ2n) is 5.85. The predicted molar refractivity (Wildman–Crippen MR) is 79.7 cm³/mol. The minimum absolute atomic E-state index is 0.180. The van der Waals surface area contributed by atoms with Gasteiger partial charge in [0.2, 0.25) is 11.8 Å². The van der Waals surface area contributed by atoms with Crippen LogP contribution in [0.5, 0.6) is 0 Å². The van der Waals surface area contributed by atoms with Gasteiger partial charge in [-0.3, -0.25) is 14.5 Å². The minimum Gasteiger partial charge on any atom is -0.361 e. The summed E-state index contributed by atoms with van der Waals surface area (Å²) in [4.78, 5) is 26.0. The molecule has 0 N–H and O–H groups in total. The zero-order valence-corrected chi connectivity index (χ0v) is 13.0. The van der Waals surface area contributed by atoms with E-state index in [0.29, 0.717) is 17.9 Å². The number of hydrogen-bond donors (Lipinski definition) is 0. The third-order valence-electron chi connectivity index (χ3n) is 4.23. The first-order valence-electron chi connectivity index (χ1n) is 7.46. The van der Waals surface area contributed by atoms with Crippen LogP contribution in [-0.2, 0) is 22.6 Å². The van der Waals surface area contributed by atoms with E-state index in [4.69, 9.17) is 4.52 Å². The van der Waals surface area contributed by atoms with Crippen molar-refractivity contribution in [3.05, 3.63) is 52.7 Å². The molecular weight excluding hydrogens is 299 g/mol. The molecule has 3 rings (SSSR count). The quantitative estimate of drug-likeness (QED) is 0.813. The Bertz CT molecular complexity index is 732. The number of rotatable bonds is 4. The maximum absolute atomic E-state index is 12.9. The molecule has 1 saturated heterocycles. The predicted octanol–water partition coefficient (Wildman–Crippen LogP) is 2.55. The molecule has 1 atom stereocenters. The number of imide groups is 1. The molecule has 0 aliphatic carbocycles. The molecule has 0 unspecified atom stereocenters. The first-order chi connectivity index (χ1) is 11.0. The number of hydrogen-bond acceptors (Lipinski definition) is 4. The molecule has 0 spiro atoms. The number of aryl methyl sites for hydroxylation is 2. The van der Waals surface area contributed by atoms with Crippen LogP contribution in [0.4, 0.5) is 4.39 Å². The smallest absolute Gasteiger partial charge is 0.233 e. The van der Waals surface area contributed by atoms with Crippen LogP contribution < -0.4 is 0 Å². The fourth-order valence-corrected chi connectivity index (χ4v) is 2.87. The summed E-state index contributed by atoms with van der Waals surface area (Å²) in [5.41, 5.74) is 2.30. The van der Waals surface area contributed by atoms with Gasteiger partial charge in [0.15, 0.2) is 0 Å². The lowest BCUT2D eigenvalue weighted by atomic mass is 9.98. The molecule has 23 heavy (non-hydrogen) atoms. The van der Waals surface area contributed by atoms with Gasteiger partial charge in [0.05, 0.1) is 18.2 Å². The molecule has 1 fully saturated rings. The third-order valence-corrected chi connectivity index (χ3v) is 4.23. The first-order valence-corrected chi connectivity index (χ1v) is 7.46. The van der Waals surface area contributed by atoms with Gasteiger partial charge in [-0.05, 0) is 38.0 Å². The molecular formula is C17H17FN2O3. The molecule has 0 bridgehead atoms. The summed E-state index contributed by atoms with van der Waals surface area (Å²) in [7, 11) is 0. The van der Waals surface area contributed by atoms with Crippen molar-refractivity contribution in [2.45, 2.75) is 33.2 Å². The standard InChI is InChI=1S/C17H17FN2O3/c1-10-15(11(2)23-19-10)9-20-16(21)8-13(17(20)22)7-12-3-5-14(18)6-4-12/h3-6,13H,7-9H2,1-2H3/t13-/m0/s1. The lowest BCUT2D eigenvalue weighted by molar-refractivity contribution is -0.140. The number of halogens is 1. The van der Waals surface area contributed by atoms with Crippen molar-refractivity contribution in [3.63, 3.8) is 0 Å². The number of aromatic nitrogens is 1. The second kappa shape index (κ2) is 5.95. The second-order valence-corrected chi connectivity index (χ2v) is 5.85. The van der Waals surface area contributed by atoms with Crippen LogP contribution in [-0.4, -0.2) is 21.9 Å². The lowest BCUT2D eigenvalue weighted by Crippen LogP contribution is -2.30. The molecule has 2 amide bonds. The minimum atomic E-state index is -0.395. The van der Waals surface area contributed by atoms with E-state index in [1.165, 1.54) is 17.0 Å². The fraction of sp³-hybridized carbons (Fsp3) is 0.353. The van der Waals surface area contributed by atoms with Gasteiger partial charge in [-0.15, -0.1) is 0 Å². The van der Waals surface area contributed by atoms with Crippen molar-refractivity contribution in [2.75, 3.05) is 0 Å². The van der Waals surface area contributed by atoms with Gasteiger partial charge in [0.1, 0.15) is 11.6 Å². The molecule has 6 heteroatoms. The average Bonchev–Trinajstić information content (AvgIpc) is 2.97.